The second-order valence-electron chi connectivity index (χ2n) is 2.68. The summed E-state index contributed by atoms with van der Waals surface area (Å²) in [6.45, 7) is 1.44. The molecule has 1 aromatic rings. The minimum atomic E-state index is -0.387. The van der Waals surface area contributed by atoms with Crippen LogP contribution in [0, 0.1) is 0 Å². The maximum Gasteiger partial charge on any atom is 0.327 e. The Bertz CT molecular complexity index is 345. The molecule has 1 aromatic heterocycles. The van der Waals surface area contributed by atoms with Crippen LogP contribution in [0.25, 0.3) is 0 Å². The summed E-state index contributed by atoms with van der Waals surface area (Å²) in [5.41, 5.74) is 0.557. The zero-order chi connectivity index (χ0) is 10.6. The lowest BCUT2D eigenvalue weighted by atomic mass is 10.5. The topological polar surface area (TPSA) is 73.2 Å². The minimum absolute atomic E-state index is 0.0378. The monoisotopic (exact) mass is 197 g/mol. The van der Waals surface area contributed by atoms with Gasteiger partial charge < -0.3 is 10.1 Å². The Morgan fingerprint density at radius 3 is 2.93 bits per heavy atom. The highest BCUT2D eigenvalue weighted by Gasteiger charge is 2.04. The van der Waals surface area contributed by atoms with Gasteiger partial charge in [0.1, 0.15) is 6.54 Å². The Morgan fingerprint density at radius 2 is 2.36 bits per heavy atom. The number of hydrogen-bond acceptors (Lipinski definition) is 4. The smallest absolute Gasteiger partial charge is 0.327 e. The van der Waals surface area contributed by atoms with Gasteiger partial charge in [-0.15, -0.1) is 0 Å². The molecule has 14 heavy (non-hydrogen) atoms. The molecule has 0 aliphatic heterocycles. The van der Waals surface area contributed by atoms with Crippen molar-refractivity contribution < 1.29 is 14.3 Å². The van der Waals surface area contributed by atoms with Gasteiger partial charge in [0, 0.05) is 13.1 Å². The van der Waals surface area contributed by atoms with Gasteiger partial charge in [-0.05, 0) is 0 Å². The van der Waals surface area contributed by atoms with Crippen molar-refractivity contribution in [2.45, 2.75) is 13.5 Å². The molecule has 0 fully saturated rings. The highest BCUT2D eigenvalue weighted by molar-refractivity contribution is 5.88. The summed E-state index contributed by atoms with van der Waals surface area (Å²) in [6.07, 6.45) is 3.02. The summed E-state index contributed by atoms with van der Waals surface area (Å²) < 4.78 is 5.84. The first-order valence-electron chi connectivity index (χ1n) is 3.98. The fourth-order valence-electron chi connectivity index (χ4n) is 0.915. The first kappa shape index (κ1) is 10.2. The highest BCUT2D eigenvalue weighted by atomic mass is 16.5. The van der Waals surface area contributed by atoms with E-state index in [1.807, 2.05) is 0 Å². The first-order valence-corrected chi connectivity index (χ1v) is 3.98. The van der Waals surface area contributed by atoms with Gasteiger partial charge in [0.15, 0.2) is 0 Å². The number of aromatic nitrogens is 2. The normalized spacial score (nSPS) is 9.57. The van der Waals surface area contributed by atoms with Crippen molar-refractivity contribution >= 4 is 17.6 Å². The summed E-state index contributed by atoms with van der Waals surface area (Å²) >= 11 is 0. The van der Waals surface area contributed by atoms with E-state index in [1.54, 1.807) is 6.20 Å². The van der Waals surface area contributed by atoms with Gasteiger partial charge in [0.05, 0.1) is 19.0 Å². The Morgan fingerprint density at radius 1 is 1.64 bits per heavy atom. The Hall–Kier alpha value is -1.85. The molecule has 0 unspecified atom stereocenters. The summed E-state index contributed by atoms with van der Waals surface area (Å²) in [4.78, 5) is 21.5. The third-order valence-corrected chi connectivity index (χ3v) is 1.47. The number of nitrogens with one attached hydrogen (secondary N) is 1. The summed E-state index contributed by atoms with van der Waals surface area (Å²) in [5, 5.41) is 6.40. The standard InChI is InChI=1S/C8H11N3O3/c1-6(12)10-7-3-9-11(4-7)5-8(13)14-2/h3-4H,5H2,1-2H3,(H,10,12). The number of ether oxygens (including phenoxy) is 1. The van der Waals surface area contributed by atoms with Crippen LogP contribution in [0.4, 0.5) is 5.69 Å². The second kappa shape index (κ2) is 4.40. The van der Waals surface area contributed by atoms with Crippen LogP contribution in [0.1, 0.15) is 6.92 Å². The number of rotatable bonds is 3. The van der Waals surface area contributed by atoms with Crippen molar-refractivity contribution in [2.75, 3.05) is 12.4 Å². The lowest BCUT2D eigenvalue weighted by Gasteiger charge is -1.98. The van der Waals surface area contributed by atoms with Crippen LogP contribution in [0.2, 0.25) is 0 Å². The molecule has 1 amide bonds. The fourth-order valence-corrected chi connectivity index (χ4v) is 0.915. The number of methoxy groups -OCH3 is 1. The molecule has 0 bridgehead atoms. The summed E-state index contributed by atoms with van der Waals surface area (Å²) in [7, 11) is 1.31. The third-order valence-electron chi connectivity index (χ3n) is 1.47. The quantitative estimate of drug-likeness (QED) is 0.693. The van der Waals surface area contributed by atoms with E-state index < -0.39 is 0 Å². The van der Waals surface area contributed by atoms with Gasteiger partial charge in [-0.3, -0.25) is 14.3 Å². The van der Waals surface area contributed by atoms with Crippen LogP contribution in [0.5, 0.6) is 0 Å². The van der Waals surface area contributed by atoms with Crippen LogP contribution in [0.15, 0.2) is 12.4 Å². The molecule has 1 heterocycles. The molecule has 76 valence electrons. The van der Waals surface area contributed by atoms with Gasteiger partial charge >= 0.3 is 5.97 Å². The van der Waals surface area contributed by atoms with Crippen LogP contribution in [-0.4, -0.2) is 28.8 Å². The van der Waals surface area contributed by atoms with E-state index in [-0.39, 0.29) is 18.4 Å². The number of carbonyl (C=O) groups is 2. The van der Waals surface area contributed by atoms with Gasteiger partial charge in [0.25, 0.3) is 0 Å². The minimum Gasteiger partial charge on any atom is -0.468 e. The van der Waals surface area contributed by atoms with E-state index in [1.165, 1.54) is 24.9 Å². The first-order chi connectivity index (χ1) is 6.61. The van der Waals surface area contributed by atoms with E-state index in [9.17, 15) is 9.59 Å². The summed E-state index contributed by atoms with van der Waals surface area (Å²) in [5.74, 6) is -0.565. The van der Waals surface area contributed by atoms with Gasteiger partial charge in [-0.2, -0.15) is 5.10 Å². The SMILES string of the molecule is COC(=O)Cn1cc(NC(C)=O)cn1. The predicted molar refractivity (Wildman–Crippen MR) is 48.5 cm³/mol. The van der Waals surface area contributed by atoms with Crippen molar-refractivity contribution in [3.8, 4) is 0 Å². The van der Waals surface area contributed by atoms with E-state index in [0.29, 0.717) is 5.69 Å². The molecule has 6 heteroatoms. The lowest BCUT2D eigenvalue weighted by molar-refractivity contribution is -0.141. The Labute approximate surface area is 80.8 Å². The average Bonchev–Trinajstić information content (AvgIpc) is 2.51. The number of amides is 1. The zero-order valence-electron chi connectivity index (χ0n) is 7.98. The lowest BCUT2D eigenvalue weighted by Crippen LogP contribution is -2.11. The van der Waals surface area contributed by atoms with Crippen molar-refractivity contribution in [3.05, 3.63) is 12.4 Å². The molecule has 0 aliphatic carbocycles. The number of nitrogens with zero attached hydrogens (tertiary/aromatic N) is 2. The molecule has 0 radical (unpaired) electrons. The molecule has 0 saturated heterocycles. The highest BCUT2D eigenvalue weighted by Crippen LogP contribution is 2.04. The molecule has 0 saturated carbocycles. The van der Waals surface area contributed by atoms with E-state index in [0.717, 1.165) is 0 Å². The predicted octanol–water partition coefficient (Wildman–Crippen LogP) is 0.0145. The molecule has 0 atom stereocenters. The van der Waals surface area contributed by atoms with E-state index in [2.05, 4.69) is 15.2 Å². The largest absolute Gasteiger partial charge is 0.468 e. The maximum absolute atomic E-state index is 10.8. The van der Waals surface area contributed by atoms with Crippen molar-refractivity contribution in [3.63, 3.8) is 0 Å². The van der Waals surface area contributed by atoms with Gasteiger partial charge in [-0.25, -0.2) is 0 Å². The molecule has 1 N–H and O–H groups in total. The van der Waals surface area contributed by atoms with E-state index in [4.69, 9.17) is 0 Å². The van der Waals surface area contributed by atoms with Gasteiger partial charge in [-0.1, -0.05) is 0 Å². The summed E-state index contributed by atoms with van der Waals surface area (Å²) in [6, 6.07) is 0. The van der Waals surface area contributed by atoms with Crippen molar-refractivity contribution in [2.24, 2.45) is 0 Å². The number of anilines is 1. The number of esters is 1. The Balaban J connectivity index is 2.59. The third kappa shape index (κ3) is 2.89. The van der Waals surface area contributed by atoms with Crippen LogP contribution < -0.4 is 5.32 Å². The molecule has 0 aromatic carbocycles. The average molecular weight is 197 g/mol. The number of carbonyl (C=O) groups excluding carboxylic acids is 2. The van der Waals surface area contributed by atoms with Crippen LogP contribution in [-0.2, 0) is 20.9 Å². The molecule has 0 spiro atoms. The van der Waals surface area contributed by atoms with Crippen molar-refractivity contribution in [1.82, 2.24) is 9.78 Å². The van der Waals surface area contributed by atoms with Gasteiger partial charge in [0.2, 0.25) is 5.91 Å². The second-order valence-corrected chi connectivity index (χ2v) is 2.68. The molecule has 6 nitrogen and oxygen atoms in total. The maximum atomic E-state index is 10.8. The molecule has 0 aliphatic rings. The Kier molecular flexibility index (Phi) is 3.22. The van der Waals surface area contributed by atoms with Crippen LogP contribution in [0.3, 0.4) is 0 Å². The van der Waals surface area contributed by atoms with Crippen molar-refractivity contribution in [1.29, 1.82) is 0 Å². The fraction of sp³-hybridized carbons (Fsp3) is 0.375. The molecular weight excluding hydrogens is 186 g/mol. The van der Waals surface area contributed by atoms with Crippen LogP contribution >= 0.6 is 0 Å². The number of hydrogen-bond donors (Lipinski definition) is 1. The zero-order valence-corrected chi connectivity index (χ0v) is 7.98. The van der Waals surface area contributed by atoms with E-state index >= 15 is 0 Å². The molecular formula is C8H11N3O3. The molecule has 1 rings (SSSR count).